The summed E-state index contributed by atoms with van der Waals surface area (Å²) < 4.78 is 11.7. The standard InChI is InChI=1S/C24H26N4O5S/c1-32-20-7-8-21-22(17-20)34-24(25-21)27(11-3-10-26-12-14-33-15-13-26)23(29)9-6-18-4-2-5-19(16-18)28(30)31/h2,4-9,16-17H,3,10-15H2,1H3/b9-6+. The number of non-ortho nitro benzene ring substituents is 1. The predicted octanol–water partition coefficient (Wildman–Crippen LogP) is 3.98. The van der Waals surface area contributed by atoms with Gasteiger partial charge in [0.05, 0.1) is 35.5 Å². The van der Waals surface area contributed by atoms with Crippen LogP contribution in [0.25, 0.3) is 16.3 Å². The molecule has 0 bridgehead atoms. The number of thiazole rings is 1. The minimum absolute atomic E-state index is 0.0166. The number of amides is 1. The molecule has 178 valence electrons. The Kier molecular flexibility index (Phi) is 7.84. The van der Waals surface area contributed by atoms with Gasteiger partial charge in [0.2, 0.25) is 0 Å². The summed E-state index contributed by atoms with van der Waals surface area (Å²) in [5.74, 6) is 0.512. The summed E-state index contributed by atoms with van der Waals surface area (Å²) in [5, 5.41) is 11.7. The number of nitro groups is 1. The van der Waals surface area contributed by atoms with Gasteiger partial charge in [0, 0.05) is 44.4 Å². The van der Waals surface area contributed by atoms with E-state index in [1.54, 1.807) is 30.2 Å². The summed E-state index contributed by atoms with van der Waals surface area (Å²) in [5.41, 5.74) is 1.37. The van der Waals surface area contributed by atoms with E-state index in [4.69, 9.17) is 9.47 Å². The van der Waals surface area contributed by atoms with Crippen molar-refractivity contribution in [2.24, 2.45) is 0 Å². The number of hydrogen-bond acceptors (Lipinski definition) is 8. The summed E-state index contributed by atoms with van der Waals surface area (Å²) in [4.78, 5) is 32.5. The second-order valence-corrected chi connectivity index (χ2v) is 8.82. The van der Waals surface area contributed by atoms with Crippen molar-refractivity contribution in [1.29, 1.82) is 0 Å². The topological polar surface area (TPSA) is 98.0 Å². The number of anilines is 1. The summed E-state index contributed by atoms with van der Waals surface area (Å²) in [6, 6.07) is 11.8. The molecule has 0 radical (unpaired) electrons. The zero-order valence-electron chi connectivity index (χ0n) is 18.9. The molecule has 2 aromatic carbocycles. The first kappa shape index (κ1) is 23.8. The molecule has 2 heterocycles. The van der Waals surface area contributed by atoms with Crippen molar-refractivity contribution in [3.8, 4) is 5.75 Å². The lowest BCUT2D eigenvalue weighted by Crippen LogP contribution is -2.39. The molecule has 1 aliphatic rings. The number of fused-ring (bicyclic) bond motifs is 1. The van der Waals surface area contributed by atoms with E-state index in [-0.39, 0.29) is 11.6 Å². The van der Waals surface area contributed by atoms with Gasteiger partial charge >= 0.3 is 0 Å². The van der Waals surface area contributed by atoms with Gasteiger partial charge in [-0.25, -0.2) is 4.98 Å². The van der Waals surface area contributed by atoms with Crippen molar-refractivity contribution < 1.29 is 19.2 Å². The molecule has 1 saturated heterocycles. The van der Waals surface area contributed by atoms with Crippen LogP contribution in [0.5, 0.6) is 5.75 Å². The number of hydrogen-bond donors (Lipinski definition) is 0. The first-order valence-electron chi connectivity index (χ1n) is 11.0. The van der Waals surface area contributed by atoms with Crippen LogP contribution in [0.4, 0.5) is 10.8 Å². The van der Waals surface area contributed by atoms with Gasteiger partial charge in [-0.05, 0) is 36.3 Å². The Bertz CT molecular complexity index is 1190. The van der Waals surface area contributed by atoms with E-state index >= 15 is 0 Å². The van der Waals surface area contributed by atoms with Crippen LogP contribution in [0, 0.1) is 10.1 Å². The van der Waals surface area contributed by atoms with E-state index in [1.807, 2.05) is 18.2 Å². The Labute approximate surface area is 201 Å². The van der Waals surface area contributed by atoms with Gasteiger partial charge in [-0.15, -0.1) is 0 Å². The molecule has 9 nitrogen and oxygen atoms in total. The highest BCUT2D eigenvalue weighted by Gasteiger charge is 2.19. The molecule has 1 amide bonds. The molecular formula is C24H26N4O5S. The first-order chi connectivity index (χ1) is 16.5. The molecule has 0 N–H and O–H groups in total. The third-order valence-electron chi connectivity index (χ3n) is 5.54. The lowest BCUT2D eigenvalue weighted by Gasteiger charge is -2.27. The van der Waals surface area contributed by atoms with Crippen LogP contribution >= 0.6 is 11.3 Å². The molecule has 10 heteroatoms. The maximum Gasteiger partial charge on any atom is 0.270 e. The summed E-state index contributed by atoms with van der Waals surface area (Å²) in [6.07, 6.45) is 3.83. The molecule has 1 aromatic heterocycles. The van der Waals surface area contributed by atoms with Gasteiger partial charge in [0.25, 0.3) is 11.6 Å². The van der Waals surface area contributed by atoms with E-state index in [0.717, 1.165) is 55.2 Å². The molecule has 0 saturated carbocycles. The fourth-order valence-electron chi connectivity index (χ4n) is 3.71. The molecule has 1 fully saturated rings. The zero-order chi connectivity index (χ0) is 23.9. The summed E-state index contributed by atoms with van der Waals surface area (Å²) in [6.45, 7) is 4.61. The highest BCUT2D eigenvalue weighted by atomic mass is 32.1. The molecule has 4 rings (SSSR count). The highest BCUT2D eigenvalue weighted by Crippen LogP contribution is 2.32. The maximum absolute atomic E-state index is 13.2. The molecule has 34 heavy (non-hydrogen) atoms. The summed E-state index contributed by atoms with van der Waals surface area (Å²) >= 11 is 1.43. The van der Waals surface area contributed by atoms with Crippen LogP contribution in [0.2, 0.25) is 0 Å². The van der Waals surface area contributed by atoms with Crippen LogP contribution in [0.3, 0.4) is 0 Å². The van der Waals surface area contributed by atoms with Gasteiger partial charge in [-0.2, -0.15) is 0 Å². The largest absolute Gasteiger partial charge is 0.497 e. The molecule has 0 spiro atoms. The molecule has 0 aliphatic carbocycles. The van der Waals surface area contributed by atoms with Gasteiger partial charge in [0.1, 0.15) is 5.75 Å². The lowest BCUT2D eigenvalue weighted by atomic mass is 10.2. The fraction of sp³-hybridized carbons (Fsp3) is 0.333. The quantitative estimate of drug-likeness (QED) is 0.258. The smallest absolute Gasteiger partial charge is 0.270 e. The second-order valence-electron chi connectivity index (χ2n) is 7.81. The van der Waals surface area contributed by atoms with E-state index in [9.17, 15) is 14.9 Å². The average molecular weight is 483 g/mol. The van der Waals surface area contributed by atoms with E-state index in [0.29, 0.717) is 17.2 Å². The second kappa shape index (κ2) is 11.2. The molecule has 0 unspecified atom stereocenters. The number of methoxy groups -OCH3 is 1. The Morgan fingerprint density at radius 3 is 2.88 bits per heavy atom. The molecule has 1 aliphatic heterocycles. The lowest BCUT2D eigenvalue weighted by molar-refractivity contribution is -0.384. The average Bonchev–Trinajstić information content (AvgIpc) is 3.28. The number of morpholine rings is 1. The summed E-state index contributed by atoms with van der Waals surface area (Å²) in [7, 11) is 1.61. The number of nitro benzene ring substituents is 1. The highest BCUT2D eigenvalue weighted by molar-refractivity contribution is 7.22. The van der Waals surface area contributed by atoms with Crippen molar-refractivity contribution in [3.05, 3.63) is 64.2 Å². The minimum Gasteiger partial charge on any atom is -0.497 e. The number of carbonyl (C=O) groups excluding carboxylic acids is 1. The van der Waals surface area contributed by atoms with Crippen molar-refractivity contribution in [2.75, 3.05) is 51.4 Å². The van der Waals surface area contributed by atoms with Crippen molar-refractivity contribution in [2.45, 2.75) is 6.42 Å². The van der Waals surface area contributed by atoms with Crippen LogP contribution in [0.15, 0.2) is 48.5 Å². The fourth-order valence-corrected chi connectivity index (χ4v) is 4.74. The Morgan fingerprint density at radius 1 is 1.29 bits per heavy atom. The van der Waals surface area contributed by atoms with E-state index < -0.39 is 4.92 Å². The van der Waals surface area contributed by atoms with Crippen LogP contribution in [-0.2, 0) is 9.53 Å². The van der Waals surface area contributed by atoms with Gasteiger partial charge in [-0.1, -0.05) is 23.5 Å². The maximum atomic E-state index is 13.2. The monoisotopic (exact) mass is 482 g/mol. The predicted molar refractivity (Wildman–Crippen MR) is 133 cm³/mol. The van der Waals surface area contributed by atoms with Crippen LogP contribution in [0.1, 0.15) is 12.0 Å². The Morgan fingerprint density at radius 2 is 2.12 bits per heavy atom. The minimum atomic E-state index is -0.452. The number of rotatable bonds is 9. The van der Waals surface area contributed by atoms with Crippen molar-refractivity contribution in [1.82, 2.24) is 9.88 Å². The van der Waals surface area contributed by atoms with Crippen LogP contribution in [-0.4, -0.2) is 67.2 Å². The first-order valence-corrected chi connectivity index (χ1v) is 11.8. The van der Waals surface area contributed by atoms with E-state index in [1.165, 1.54) is 29.5 Å². The number of carbonyl (C=O) groups is 1. The number of aromatic nitrogens is 1. The van der Waals surface area contributed by atoms with Crippen molar-refractivity contribution in [3.63, 3.8) is 0 Å². The van der Waals surface area contributed by atoms with Crippen molar-refractivity contribution >= 4 is 44.4 Å². The van der Waals surface area contributed by atoms with E-state index in [2.05, 4.69) is 9.88 Å². The SMILES string of the molecule is COc1ccc2nc(N(CCCN3CCOCC3)C(=O)/C=C/c3cccc([N+](=O)[O-])c3)sc2c1. The van der Waals surface area contributed by atoms with Gasteiger partial charge < -0.3 is 9.47 Å². The van der Waals surface area contributed by atoms with Gasteiger partial charge in [0.15, 0.2) is 5.13 Å². The Balaban J connectivity index is 1.54. The van der Waals surface area contributed by atoms with Crippen LogP contribution < -0.4 is 9.64 Å². The number of ether oxygens (including phenoxy) is 2. The molecule has 3 aromatic rings. The normalized spacial score (nSPS) is 14.5. The third kappa shape index (κ3) is 5.96. The number of nitrogens with zero attached hydrogens (tertiary/aromatic N) is 4. The zero-order valence-corrected chi connectivity index (χ0v) is 19.7. The third-order valence-corrected chi connectivity index (χ3v) is 6.58. The molecular weight excluding hydrogens is 456 g/mol. The molecule has 0 atom stereocenters. The number of benzene rings is 2. The van der Waals surface area contributed by atoms with Gasteiger partial charge in [-0.3, -0.25) is 24.7 Å². The Hall–Kier alpha value is -3.34.